The number of benzene rings is 1. The number of piperazine rings is 1. The van der Waals surface area contributed by atoms with E-state index in [9.17, 15) is 4.79 Å². The highest BCUT2D eigenvalue weighted by Crippen LogP contribution is 2.35. The molecule has 124 valence electrons. The largest absolute Gasteiger partial charge is 0.444 e. The van der Waals surface area contributed by atoms with E-state index in [-0.39, 0.29) is 18.2 Å². The van der Waals surface area contributed by atoms with Crippen LogP contribution in [0.1, 0.15) is 32.8 Å². The Labute approximate surface area is 138 Å². The Kier molecular flexibility index (Phi) is 4.19. The number of carbonyl (C=O) groups excluding carboxylic acids is 1. The molecule has 0 radical (unpaired) electrons. The number of ether oxygens (including phenoxy) is 1. The molecule has 2 atom stereocenters. The van der Waals surface area contributed by atoms with Crippen molar-refractivity contribution in [3.8, 4) is 0 Å². The number of carbonyl (C=O) groups is 1. The lowest BCUT2D eigenvalue weighted by Crippen LogP contribution is -2.56. The van der Waals surface area contributed by atoms with Crippen LogP contribution in [-0.2, 0) is 11.3 Å². The minimum atomic E-state index is -0.459. The first-order chi connectivity index (χ1) is 10.8. The van der Waals surface area contributed by atoms with Crippen LogP contribution in [-0.4, -0.2) is 46.7 Å². The van der Waals surface area contributed by atoms with Gasteiger partial charge in [-0.25, -0.2) is 4.79 Å². The van der Waals surface area contributed by atoms with Gasteiger partial charge in [-0.3, -0.25) is 9.80 Å². The minimum Gasteiger partial charge on any atom is -0.444 e. The number of nitrogens with zero attached hydrogens (tertiary/aromatic N) is 2. The van der Waals surface area contributed by atoms with Crippen LogP contribution in [0.2, 0.25) is 0 Å². The maximum Gasteiger partial charge on any atom is 0.411 e. The smallest absolute Gasteiger partial charge is 0.411 e. The van der Waals surface area contributed by atoms with Crippen LogP contribution in [0, 0.1) is 0 Å². The summed E-state index contributed by atoms with van der Waals surface area (Å²) >= 11 is 0. The average molecular weight is 314 g/mol. The van der Waals surface area contributed by atoms with E-state index in [1.54, 1.807) is 0 Å². The third kappa shape index (κ3) is 3.58. The molecule has 1 amide bonds. The summed E-state index contributed by atoms with van der Waals surface area (Å²) in [5.41, 5.74) is 2.00. The second-order valence-electron chi connectivity index (χ2n) is 7.60. The summed E-state index contributed by atoms with van der Waals surface area (Å²) in [6.45, 7) is 12.6. The molecule has 2 fully saturated rings. The maximum absolute atomic E-state index is 12.5. The number of likely N-dealkylation sites (tertiary alicyclic amines) is 1. The highest BCUT2D eigenvalue weighted by Gasteiger charge is 2.46. The van der Waals surface area contributed by atoms with Gasteiger partial charge in [0.05, 0.1) is 12.1 Å². The van der Waals surface area contributed by atoms with Crippen LogP contribution in [0.5, 0.6) is 0 Å². The molecule has 3 rings (SSSR count). The highest BCUT2D eigenvalue weighted by atomic mass is 16.6. The molecule has 0 aromatic heterocycles. The molecule has 4 nitrogen and oxygen atoms in total. The van der Waals surface area contributed by atoms with E-state index in [1.165, 1.54) is 5.56 Å². The summed E-state index contributed by atoms with van der Waals surface area (Å²) in [5.74, 6) is 0. The van der Waals surface area contributed by atoms with Crippen molar-refractivity contribution in [2.45, 2.75) is 51.4 Å². The SMILES string of the molecule is C=C1C[C@@H]2CN(Cc3ccccc3)C[C@H]1N2C(=O)OC(C)(C)C. The van der Waals surface area contributed by atoms with Gasteiger partial charge < -0.3 is 4.74 Å². The molecule has 0 aliphatic carbocycles. The van der Waals surface area contributed by atoms with E-state index < -0.39 is 5.60 Å². The molecule has 2 aliphatic heterocycles. The van der Waals surface area contributed by atoms with Crippen LogP contribution in [0.15, 0.2) is 42.5 Å². The molecular formula is C19H26N2O2. The predicted octanol–water partition coefficient (Wildman–Crippen LogP) is 3.44. The molecule has 0 saturated carbocycles. The first kappa shape index (κ1) is 16.1. The summed E-state index contributed by atoms with van der Waals surface area (Å²) < 4.78 is 5.59. The van der Waals surface area contributed by atoms with Gasteiger partial charge in [0.25, 0.3) is 0 Å². The van der Waals surface area contributed by atoms with E-state index in [4.69, 9.17) is 4.74 Å². The molecule has 0 unspecified atom stereocenters. The van der Waals surface area contributed by atoms with Crippen LogP contribution in [0.4, 0.5) is 4.79 Å². The van der Waals surface area contributed by atoms with Crippen molar-refractivity contribution < 1.29 is 9.53 Å². The van der Waals surface area contributed by atoms with Gasteiger partial charge in [0.15, 0.2) is 0 Å². The van der Waals surface area contributed by atoms with Gasteiger partial charge in [0.2, 0.25) is 0 Å². The lowest BCUT2D eigenvalue weighted by atomic mass is 10.1. The van der Waals surface area contributed by atoms with Crippen molar-refractivity contribution in [2.75, 3.05) is 13.1 Å². The lowest BCUT2D eigenvalue weighted by Gasteiger charge is -2.41. The number of amides is 1. The van der Waals surface area contributed by atoms with Crippen LogP contribution in [0.3, 0.4) is 0 Å². The zero-order valence-electron chi connectivity index (χ0n) is 14.3. The maximum atomic E-state index is 12.5. The second kappa shape index (κ2) is 6.00. The Morgan fingerprint density at radius 1 is 1.26 bits per heavy atom. The first-order valence-electron chi connectivity index (χ1n) is 8.29. The number of hydrogen-bond donors (Lipinski definition) is 0. The zero-order chi connectivity index (χ0) is 16.6. The summed E-state index contributed by atoms with van der Waals surface area (Å²) in [4.78, 5) is 16.9. The van der Waals surface area contributed by atoms with Crippen molar-refractivity contribution in [3.05, 3.63) is 48.0 Å². The van der Waals surface area contributed by atoms with Crippen LogP contribution >= 0.6 is 0 Å². The first-order valence-corrected chi connectivity index (χ1v) is 8.29. The molecule has 23 heavy (non-hydrogen) atoms. The van der Waals surface area contributed by atoms with Crippen molar-refractivity contribution >= 4 is 6.09 Å². The standard InChI is InChI=1S/C19H26N2O2/c1-14-10-16-12-20(11-15-8-6-5-7-9-15)13-17(14)21(16)18(22)23-19(2,3)4/h5-9,16-17H,1,10-13H2,2-4H3/t16-,17-/m1/s1. The van der Waals surface area contributed by atoms with Crippen molar-refractivity contribution in [1.82, 2.24) is 9.80 Å². The summed E-state index contributed by atoms with van der Waals surface area (Å²) in [6.07, 6.45) is 0.681. The van der Waals surface area contributed by atoms with Gasteiger partial charge in [-0.05, 0) is 32.8 Å². The lowest BCUT2D eigenvalue weighted by molar-refractivity contribution is -0.00351. The fraction of sp³-hybridized carbons (Fsp3) is 0.526. The molecule has 2 heterocycles. The summed E-state index contributed by atoms with van der Waals surface area (Å²) in [7, 11) is 0. The van der Waals surface area contributed by atoms with Gasteiger partial charge in [-0.2, -0.15) is 0 Å². The quantitative estimate of drug-likeness (QED) is 0.784. The number of fused-ring (bicyclic) bond motifs is 2. The van der Waals surface area contributed by atoms with Crippen LogP contribution in [0.25, 0.3) is 0 Å². The van der Waals surface area contributed by atoms with E-state index in [1.807, 2.05) is 31.7 Å². The van der Waals surface area contributed by atoms with Gasteiger partial charge in [-0.15, -0.1) is 0 Å². The van der Waals surface area contributed by atoms with E-state index in [0.29, 0.717) is 0 Å². The van der Waals surface area contributed by atoms with Gasteiger partial charge in [-0.1, -0.05) is 42.5 Å². The Bertz CT molecular complexity index is 591. The Morgan fingerprint density at radius 2 is 1.96 bits per heavy atom. The molecule has 1 aromatic carbocycles. The number of rotatable bonds is 2. The topological polar surface area (TPSA) is 32.8 Å². The molecule has 4 heteroatoms. The van der Waals surface area contributed by atoms with Crippen molar-refractivity contribution in [3.63, 3.8) is 0 Å². The fourth-order valence-corrected chi connectivity index (χ4v) is 3.54. The number of hydrogen-bond acceptors (Lipinski definition) is 3. The zero-order valence-corrected chi connectivity index (χ0v) is 14.3. The molecular weight excluding hydrogens is 288 g/mol. The monoisotopic (exact) mass is 314 g/mol. The van der Waals surface area contributed by atoms with Gasteiger partial charge in [0.1, 0.15) is 5.60 Å². The van der Waals surface area contributed by atoms with Gasteiger partial charge in [0, 0.05) is 19.6 Å². The van der Waals surface area contributed by atoms with Gasteiger partial charge >= 0.3 is 6.09 Å². The minimum absolute atomic E-state index is 0.0762. The Morgan fingerprint density at radius 3 is 2.57 bits per heavy atom. The Hall–Kier alpha value is -1.81. The average Bonchev–Trinajstić information content (AvgIpc) is 2.65. The molecule has 2 bridgehead atoms. The molecule has 1 aromatic rings. The van der Waals surface area contributed by atoms with Crippen molar-refractivity contribution in [2.24, 2.45) is 0 Å². The second-order valence-corrected chi connectivity index (χ2v) is 7.60. The molecule has 2 aliphatic rings. The summed E-state index contributed by atoms with van der Waals surface area (Å²) in [5, 5.41) is 0. The highest BCUT2D eigenvalue weighted by molar-refractivity contribution is 5.71. The van der Waals surface area contributed by atoms with Crippen molar-refractivity contribution in [1.29, 1.82) is 0 Å². The van der Waals surface area contributed by atoms with Crippen LogP contribution < -0.4 is 0 Å². The molecule has 2 saturated heterocycles. The van der Waals surface area contributed by atoms with E-state index in [2.05, 4.69) is 35.7 Å². The molecule has 0 N–H and O–H groups in total. The molecule has 0 spiro atoms. The predicted molar refractivity (Wildman–Crippen MR) is 91.1 cm³/mol. The Balaban J connectivity index is 1.69. The van der Waals surface area contributed by atoms with E-state index in [0.717, 1.165) is 31.6 Å². The van der Waals surface area contributed by atoms with E-state index >= 15 is 0 Å². The third-order valence-electron chi connectivity index (χ3n) is 4.45. The normalized spacial score (nSPS) is 24.8. The fourth-order valence-electron chi connectivity index (χ4n) is 3.54. The third-order valence-corrected chi connectivity index (χ3v) is 4.45. The summed E-state index contributed by atoms with van der Waals surface area (Å²) in [6, 6.07) is 10.7.